The van der Waals surface area contributed by atoms with E-state index in [9.17, 15) is 14.4 Å². The van der Waals surface area contributed by atoms with Crippen LogP contribution in [0.3, 0.4) is 0 Å². The molecule has 0 aliphatic heterocycles. The summed E-state index contributed by atoms with van der Waals surface area (Å²) < 4.78 is 16.8. The number of hydrogen-bond donors (Lipinski definition) is 0. The van der Waals surface area contributed by atoms with Crippen LogP contribution in [0, 0.1) is 0 Å². The van der Waals surface area contributed by atoms with Gasteiger partial charge in [0, 0.05) is 19.3 Å². The third-order valence-electron chi connectivity index (χ3n) is 12.2. The summed E-state index contributed by atoms with van der Waals surface area (Å²) in [5.41, 5.74) is 0. The predicted octanol–water partition coefficient (Wildman–Crippen LogP) is 19.0. The highest BCUT2D eigenvalue weighted by Gasteiger charge is 2.19. The standard InChI is InChI=1S/C61H106O6/c1-4-7-10-13-16-19-22-25-27-29-30-32-34-37-39-42-45-48-51-54-60(63)66-57-58(67-61(64)55-52-49-46-43-40-35-24-21-18-15-12-9-6-3)56-65-59(62)53-50-47-44-41-38-36-33-31-28-26-23-20-17-14-11-8-5-2/h8,11,17,20-21,24-28,33,36,58H,4-7,9-10,12-16,18-19,22-23,29-32,34-35,37-57H2,1-3H3/b11-8-,20-17-,24-21-,27-25-,28-26-,36-33-/t58-/m1/s1. The van der Waals surface area contributed by atoms with Crippen molar-refractivity contribution in [3.8, 4) is 0 Å². The molecule has 0 fully saturated rings. The number of unbranched alkanes of at least 4 members (excludes halogenated alkanes) is 28. The van der Waals surface area contributed by atoms with Gasteiger partial charge in [0.05, 0.1) is 0 Å². The van der Waals surface area contributed by atoms with Crippen molar-refractivity contribution in [3.63, 3.8) is 0 Å². The third kappa shape index (κ3) is 53.7. The summed E-state index contributed by atoms with van der Waals surface area (Å²) in [6.07, 6.45) is 70.3. The molecular weight excluding hydrogens is 829 g/mol. The molecule has 0 aliphatic carbocycles. The van der Waals surface area contributed by atoms with Gasteiger partial charge in [-0.15, -0.1) is 0 Å². The summed E-state index contributed by atoms with van der Waals surface area (Å²) in [7, 11) is 0. The molecule has 0 spiro atoms. The van der Waals surface area contributed by atoms with Crippen LogP contribution in [0.25, 0.3) is 0 Å². The Labute approximate surface area is 414 Å². The molecule has 0 radical (unpaired) electrons. The van der Waals surface area contributed by atoms with Crippen molar-refractivity contribution in [1.82, 2.24) is 0 Å². The van der Waals surface area contributed by atoms with Gasteiger partial charge in [0.15, 0.2) is 6.10 Å². The fourth-order valence-corrected chi connectivity index (χ4v) is 7.89. The van der Waals surface area contributed by atoms with Gasteiger partial charge >= 0.3 is 17.9 Å². The Bertz CT molecular complexity index is 1260. The minimum Gasteiger partial charge on any atom is -0.462 e. The van der Waals surface area contributed by atoms with Gasteiger partial charge in [0.1, 0.15) is 13.2 Å². The highest BCUT2D eigenvalue weighted by atomic mass is 16.6. The predicted molar refractivity (Wildman–Crippen MR) is 288 cm³/mol. The lowest BCUT2D eigenvalue weighted by Gasteiger charge is -2.18. The van der Waals surface area contributed by atoms with Gasteiger partial charge in [-0.25, -0.2) is 0 Å². The van der Waals surface area contributed by atoms with Crippen LogP contribution in [0.15, 0.2) is 72.9 Å². The third-order valence-corrected chi connectivity index (χ3v) is 12.2. The lowest BCUT2D eigenvalue weighted by molar-refractivity contribution is -0.167. The van der Waals surface area contributed by atoms with Crippen LogP contribution >= 0.6 is 0 Å². The van der Waals surface area contributed by atoms with E-state index in [2.05, 4.69) is 93.7 Å². The Balaban J connectivity index is 4.39. The van der Waals surface area contributed by atoms with E-state index < -0.39 is 6.10 Å². The van der Waals surface area contributed by atoms with Crippen LogP contribution in [0.1, 0.15) is 278 Å². The highest BCUT2D eigenvalue weighted by molar-refractivity contribution is 5.71. The van der Waals surface area contributed by atoms with Crippen LogP contribution in [-0.2, 0) is 28.6 Å². The Hall–Kier alpha value is -3.15. The zero-order valence-electron chi connectivity index (χ0n) is 44.2. The van der Waals surface area contributed by atoms with E-state index in [4.69, 9.17) is 14.2 Å². The topological polar surface area (TPSA) is 78.9 Å². The summed E-state index contributed by atoms with van der Waals surface area (Å²) in [4.78, 5) is 38.1. The number of esters is 3. The second kappa shape index (κ2) is 55.4. The van der Waals surface area contributed by atoms with E-state index in [1.165, 1.54) is 128 Å². The van der Waals surface area contributed by atoms with Gasteiger partial charge in [-0.2, -0.15) is 0 Å². The molecule has 0 bridgehead atoms. The van der Waals surface area contributed by atoms with Gasteiger partial charge in [0.2, 0.25) is 0 Å². The van der Waals surface area contributed by atoms with Gasteiger partial charge in [-0.05, 0) is 109 Å². The van der Waals surface area contributed by atoms with E-state index in [1.807, 2.05) is 0 Å². The molecule has 0 N–H and O–H groups in total. The largest absolute Gasteiger partial charge is 0.462 e. The first-order chi connectivity index (χ1) is 33.0. The van der Waals surface area contributed by atoms with E-state index in [1.54, 1.807) is 0 Å². The maximum absolute atomic E-state index is 12.8. The average molecular weight is 936 g/mol. The van der Waals surface area contributed by atoms with Crippen LogP contribution in [0.2, 0.25) is 0 Å². The fraction of sp³-hybridized carbons (Fsp3) is 0.754. The molecule has 0 saturated carbocycles. The number of carbonyl (C=O) groups is 3. The van der Waals surface area contributed by atoms with Crippen LogP contribution in [0.4, 0.5) is 0 Å². The van der Waals surface area contributed by atoms with Crippen molar-refractivity contribution in [2.75, 3.05) is 13.2 Å². The average Bonchev–Trinajstić information content (AvgIpc) is 3.33. The van der Waals surface area contributed by atoms with Crippen molar-refractivity contribution in [2.24, 2.45) is 0 Å². The summed E-state index contributed by atoms with van der Waals surface area (Å²) in [5, 5.41) is 0. The molecule has 0 rings (SSSR count). The van der Waals surface area contributed by atoms with E-state index in [0.29, 0.717) is 19.3 Å². The first-order valence-corrected chi connectivity index (χ1v) is 28.4. The summed E-state index contributed by atoms with van der Waals surface area (Å²) in [6.45, 7) is 6.49. The highest BCUT2D eigenvalue weighted by Crippen LogP contribution is 2.15. The van der Waals surface area contributed by atoms with Gasteiger partial charge < -0.3 is 14.2 Å². The normalized spacial score (nSPS) is 12.6. The zero-order chi connectivity index (χ0) is 48.6. The molecule has 0 aromatic rings. The molecule has 1 atom stereocenters. The van der Waals surface area contributed by atoms with Crippen molar-refractivity contribution >= 4 is 17.9 Å². The molecule has 0 amide bonds. The van der Waals surface area contributed by atoms with Crippen molar-refractivity contribution in [3.05, 3.63) is 72.9 Å². The van der Waals surface area contributed by atoms with Crippen LogP contribution < -0.4 is 0 Å². The van der Waals surface area contributed by atoms with Crippen molar-refractivity contribution in [2.45, 2.75) is 284 Å². The number of ether oxygens (including phenoxy) is 3. The fourth-order valence-electron chi connectivity index (χ4n) is 7.89. The molecule has 0 heterocycles. The van der Waals surface area contributed by atoms with E-state index in [-0.39, 0.29) is 31.1 Å². The minimum absolute atomic E-state index is 0.0871. The van der Waals surface area contributed by atoms with Gasteiger partial charge in [0.25, 0.3) is 0 Å². The Morgan fingerprint density at radius 1 is 0.313 bits per heavy atom. The van der Waals surface area contributed by atoms with Crippen LogP contribution in [0.5, 0.6) is 0 Å². The quantitative estimate of drug-likeness (QED) is 0.0262. The molecule has 0 saturated heterocycles. The smallest absolute Gasteiger partial charge is 0.306 e. The molecule has 6 heteroatoms. The van der Waals surface area contributed by atoms with Crippen molar-refractivity contribution in [1.29, 1.82) is 0 Å². The Kier molecular flexibility index (Phi) is 52.8. The lowest BCUT2D eigenvalue weighted by atomic mass is 10.1. The summed E-state index contributed by atoms with van der Waals surface area (Å²) in [5.74, 6) is -0.916. The number of hydrogen-bond acceptors (Lipinski definition) is 6. The molecule has 0 aromatic heterocycles. The molecule has 0 aromatic carbocycles. The molecule has 0 unspecified atom stereocenters. The second-order valence-electron chi connectivity index (χ2n) is 18.8. The lowest BCUT2D eigenvalue weighted by Crippen LogP contribution is -2.30. The monoisotopic (exact) mass is 935 g/mol. The first kappa shape index (κ1) is 63.8. The molecule has 386 valence electrons. The zero-order valence-corrected chi connectivity index (χ0v) is 44.2. The minimum atomic E-state index is -0.790. The number of rotatable bonds is 51. The SMILES string of the molecule is CC/C=C\C/C=C\C/C=C\C/C=C\CCCCCCC(=O)OC[C@H](COC(=O)CCCCCCCCCCC/C=C\CCCCCCCC)OC(=O)CCCCCCC/C=C\CCCCCC. The van der Waals surface area contributed by atoms with E-state index in [0.717, 1.165) is 109 Å². The molecule has 6 nitrogen and oxygen atoms in total. The summed E-state index contributed by atoms with van der Waals surface area (Å²) >= 11 is 0. The van der Waals surface area contributed by atoms with Crippen molar-refractivity contribution < 1.29 is 28.6 Å². The molecule has 0 aliphatic rings. The van der Waals surface area contributed by atoms with E-state index >= 15 is 0 Å². The molecular formula is C61H106O6. The van der Waals surface area contributed by atoms with Gasteiger partial charge in [-0.3, -0.25) is 14.4 Å². The Morgan fingerprint density at radius 2 is 0.582 bits per heavy atom. The number of carbonyl (C=O) groups excluding carboxylic acids is 3. The van der Waals surface area contributed by atoms with Gasteiger partial charge in [-0.1, -0.05) is 222 Å². The maximum atomic E-state index is 12.8. The molecule has 67 heavy (non-hydrogen) atoms. The second-order valence-corrected chi connectivity index (χ2v) is 18.8. The first-order valence-electron chi connectivity index (χ1n) is 28.4. The summed E-state index contributed by atoms with van der Waals surface area (Å²) in [6, 6.07) is 0. The maximum Gasteiger partial charge on any atom is 0.306 e. The number of allylic oxidation sites excluding steroid dienone is 12. The Morgan fingerprint density at radius 3 is 0.940 bits per heavy atom. The van der Waals surface area contributed by atoms with Crippen LogP contribution in [-0.4, -0.2) is 37.2 Å².